The van der Waals surface area contributed by atoms with Gasteiger partial charge in [0.25, 0.3) is 0 Å². The molecule has 0 heterocycles. The zero-order valence-corrected chi connectivity index (χ0v) is 14.4. The Labute approximate surface area is 135 Å². The first-order valence-corrected chi connectivity index (χ1v) is 8.32. The Morgan fingerprint density at radius 3 is 2.57 bits per heavy atom. The van der Waals surface area contributed by atoms with Crippen molar-refractivity contribution >= 4 is 21.7 Å². The van der Waals surface area contributed by atoms with Gasteiger partial charge in [-0.25, -0.2) is 0 Å². The van der Waals surface area contributed by atoms with Crippen LogP contribution in [0.15, 0.2) is 22.7 Å². The number of carbonyl (C=O) groups excluding carboxylic acids is 1. The molecule has 0 bridgehead atoms. The van der Waals surface area contributed by atoms with Crippen molar-refractivity contribution in [2.24, 2.45) is 5.41 Å². The molecular weight excluding hydrogens is 332 g/mol. The van der Waals surface area contributed by atoms with Crippen molar-refractivity contribution in [2.75, 3.05) is 20.3 Å². The minimum atomic E-state index is -0.198. The third kappa shape index (κ3) is 4.07. The fourth-order valence-corrected chi connectivity index (χ4v) is 3.39. The van der Waals surface area contributed by atoms with Crippen molar-refractivity contribution in [2.45, 2.75) is 39.0 Å². The second-order valence-electron chi connectivity index (χ2n) is 5.94. The summed E-state index contributed by atoms with van der Waals surface area (Å²) < 4.78 is 11.4. The lowest BCUT2D eigenvalue weighted by molar-refractivity contribution is 0.0749. The summed E-state index contributed by atoms with van der Waals surface area (Å²) in [6, 6.07) is 5.61. The largest absolute Gasteiger partial charge is 0.490 e. The maximum atomic E-state index is 12.8. The van der Waals surface area contributed by atoms with E-state index in [2.05, 4.69) is 22.9 Å². The van der Waals surface area contributed by atoms with E-state index in [-0.39, 0.29) is 11.2 Å². The van der Waals surface area contributed by atoms with Gasteiger partial charge in [0.05, 0.1) is 11.1 Å². The second-order valence-corrected chi connectivity index (χ2v) is 6.79. The van der Waals surface area contributed by atoms with Crippen LogP contribution in [0.2, 0.25) is 0 Å². The van der Waals surface area contributed by atoms with Gasteiger partial charge in [-0.2, -0.15) is 0 Å². The molecule has 0 spiro atoms. The van der Waals surface area contributed by atoms with Crippen LogP contribution >= 0.6 is 15.9 Å². The molecule has 116 valence electrons. The van der Waals surface area contributed by atoms with Crippen LogP contribution < -0.4 is 4.74 Å². The summed E-state index contributed by atoms with van der Waals surface area (Å²) in [6.07, 6.45) is 5.55. The molecule has 0 unspecified atom stereocenters. The van der Waals surface area contributed by atoms with Crippen molar-refractivity contribution in [3.05, 3.63) is 28.2 Å². The van der Waals surface area contributed by atoms with Crippen LogP contribution in [0.4, 0.5) is 0 Å². The molecular formula is C17H23BrO3. The molecule has 1 saturated carbocycles. The molecule has 1 aromatic rings. The molecule has 0 radical (unpaired) electrons. The highest BCUT2D eigenvalue weighted by atomic mass is 79.9. The van der Waals surface area contributed by atoms with Gasteiger partial charge < -0.3 is 9.47 Å². The molecule has 0 aromatic heterocycles. The first-order chi connectivity index (χ1) is 10.1. The number of rotatable bonds is 6. The highest BCUT2D eigenvalue weighted by molar-refractivity contribution is 9.10. The van der Waals surface area contributed by atoms with Crippen LogP contribution in [-0.2, 0) is 4.74 Å². The number of methoxy groups -OCH3 is 1. The van der Waals surface area contributed by atoms with Gasteiger partial charge >= 0.3 is 0 Å². The Morgan fingerprint density at radius 2 is 1.95 bits per heavy atom. The summed E-state index contributed by atoms with van der Waals surface area (Å²) in [5.41, 5.74) is 0.571. The van der Waals surface area contributed by atoms with E-state index < -0.39 is 0 Å². The van der Waals surface area contributed by atoms with E-state index in [4.69, 9.17) is 9.47 Å². The molecule has 0 aliphatic heterocycles. The number of ketones is 1. The van der Waals surface area contributed by atoms with E-state index in [1.54, 1.807) is 7.11 Å². The molecule has 1 aliphatic rings. The lowest BCUT2D eigenvalue weighted by Crippen LogP contribution is -2.30. The Morgan fingerprint density at radius 1 is 1.24 bits per heavy atom. The Hall–Kier alpha value is -0.870. The summed E-state index contributed by atoms with van der Waals surface area (Å²) in [5, 5.41) is 0. The molecule has 1 aliphatic carbocycles. The first kappa shape index (κ1) is 16.5. The van der Waals surface area contributed by atoms with E-state index in [0.29, 0.717) is 13.2 Å². The molecule has 0 N–H and O–H groups in total. The molecule has 1 fully saturated rings. The van der Waals surface area contributed by atoms with Crippen LogP contribution in [-0.4, -0.2) is 26.1 Å². The maximum absolute atomic E-state index is 12.8. The Balaban J connectivity index is 2.10. The van der Waals surface area contributed by atoms with Gasteiger partial charge in [0.1, 0.15) is 12.4 Å². The van der Waals surface area contributed by atoms with Crippen molar-refractivity contribution < 1.29 is 14.3 Å². The normalized spacial score (nSPS) is 17.5. The highest BCUT2D eigenvalue weighted by Gasteiger charge is 2.35. The highest BCUT2D eigenvalue weighted by Crippen LogP contribution is 2.39. The predicted molar refractivity (Wildman–Crippen MR) is 87.0 cm³/mol. The molecule has 0 atom stereocenters. The van der Waals surface area contributed by atoms with Gasteiger partial charge in [0.2, 0.25) is 0 Å². The van der Waals surface area contributed by atoms with Crippen molar-refractivity contribution in [3.8, 4) is 5.75 Å². The number of hydrogen-bond donors (Lipinski definition) is 0. The fourth-order valence-electron chi connectivity index (χ4n) is 2.90. The Kier molecular flexibility index (Phi) is 5.82. The molecule has 21 heavy (non-hydrogen) atoms. The lowest BCUT2D eigenvalue weighted by Gasteiger charge is -2.32. The average molecular weight is 355 g/mol. The maximum Gasteiger partial charge on any atom is 0.168 e. The van der Waals surface area contributed by atoms with Crippen LogP contribution in [0, 0.1) is 5.41 Å². The van der Waals surface area contributed by atoms with Crippen molar-refractivity contribution in [1.82, 2.24) is 0 Å². The molecule has 1 aromatic carbocycles. The van der Waals surface area contributed by atoms with Crippen molar-refractivity contribution in [3.63, 3.8) is 0 Å². The fraction of sp³-hybridized carbons (Fsp3) is 0.588. The van der Waals surface area contributed by atoms with Crippen LogP contribution in [0.1, 0.15) is 49.4 Å². The standard InChI is InChI=1S/C17H23BrO3/c1-17(8-4-3-5-9-17)16(19)13-6-7-15(14(18)12-13)21-11-10-20-2/h6-7,12H,3-5,8-11H2,1-2H3. The Bertz CT molecular complexity index is 493. The smallest absolute Gasteiger partial charge is 0.168 e. The zero-order chi connectivity index (χ0) is 15.3. The summed E-state index contributed by atoms with van der Waals surface area (Å²) in [7, 11) is 1.64. The van der Waals surface area contributed by atoms with Crippen LogP contribution in [0.25, 0.3) is 0 Å². The van der Waals surface area contributed by atoms with E-state index in [1.165, 1.54) is 6.42 Å². The van der Waals surface area contributed by atoms with Crippen LogP contribution in [0.5, 0.6) is 5.75 Å². The SMILES string of the molecule is COCCOc1ccc(C(=O)C2(C)CCCCC2)cc1Br. The number of Topliss-reactive ketones (excluding diaryl/α,β-unsaturated/α-hetero) is 1. The van der Waals surface area contributed by atoms with Gasteiger partial charge in [-0.3, -0.25) is 4.79 Å². The summed E-state index contributed by atoms with van der Waals surface area (Å²) >= 11 is 3.49. The molecule has 2 rings (SSSR count). The third-order valence-corrected chi connectivity index (χ3v) is 4.86. The van der Waals surface area contributed by atoms with E-state index >= 15 is 0 Å². The number of halogens is 1. The second kappa shape index (κ2) is 7.41. The molecule has 0 saturated heterocycles. The lowest BCUT2D eigenvalue weighted by atomic mass is 9.71. The number of ether oxygens (including phenoxy) is 2. The number of benzene rings is 1. The van der Waals surface area contributed by atoms with E-state index in [9.17, 15) is 4.79 Å². The van der Waals surface area contributed by atoms with Gasteiger partial charge in [0.15, 0.2) is 5.78 Å². The third-order valence-electron chi connectivity index (χ3n) is 4.24. The molecule has 3 nitrogen and oxygen atoms in total. The zero-order valence-electron chi connectivity index (χ0n) is 12.8. The first-order valence-electron chi connectivity index (χ1n) is 7.53. The topological polar surface area (TPSA) is 35.5 Å². The van der Waals surface area contributed by atoms with Gasteiger partial charge in [-0.1, -0.05) is 26.2 Å². The summed E-state index contributed by atoms with van der Waals surface area (Å²) in [4.78, 5) is 12.8. The van der Waals surface area contributed by atoms with Gasteiger partial charge in [-0.15, -0.1) is 0 Å². The van der Waals surface area contributed by atoms with Gasteiger partial charge in [0, 0.05) is 18.1 Å². The predicted octanol–water partition coefficient (Wildman–Crippen LogP) is 4.63. The molecule has 4 heteroatoms. The van der Waals surface area contributed by atoms with Gasteiger partial charge in [-0.05, 0) is 47.0 Å². The average Bonchev–Trinajstić information content (AvgIpc) is 2.49. The minimum Gasteiger partial charge on any atom is -0.490 e. The summed E-state index contributed by atoms with van der Waals surface area (Å²) in [5.74, 6) is 1.00. The number of carbonyl (C=O) groups is 1. The minimum absolute atomic E-state index is 0.198. The van der Waals surface area contributed by atoms with Crippen molar-refractivity contribution in [1.29, 1.82) is 0 Å². The van der Waals surface area contributed by atoms with E-state index in [0.717, 1.165) is 41.5 Å². The van der Waals surface area contributed by atoms with E-state index in [1.807, 2.05) is 18.2 Å². The molecule has 0 amide bonds. The summed E-state index contributed by atoms with van der Waals surface area (Å²) in [6.45, 7) is 3.15. The number of hydrogen-bond acceptors (Lipinski definition) is 3. The quantitative estimate of drug-likeness (QED) is 0.551. The monoisotopic (exact) mass is 354 g/mol. The van der Waals surface area contributed by atoms with Crippen LogP contribution in [0.3, 0.4) is 0 Å².